The second kappa shape index (κ2) is 3.74. The van der Waals surface area contributed by atoms with Gasteiger partial charge >= 0.3 is 0 Å². The van der Waals surface area contributed by atoms with Gasteiger partial charge in [0.15, 0.2) is 0 Å². The van der Waals surface area contributed by atoms with Gasteiger partial charge < -0.3 is 16.0 Å². The summed E-state index contributed by atoms with van der Waals surface area (Å²) in [5.74, 6) is 0. The minimum absolute atomic E-state index is 0.432. The van der Waals surface area contributed by atoms with Crippen molar-refractivity contribution >= 4 is 11.8 Å². The molecule has 0 saturated carbocycles. The summed E-state index contributed by atoms with van der Waals surface area (Å²) in [6.07, 6.45) is 6.50. The van der Waals surface area contributed by atoms with Gasteiger partial charge in [-0.1, -0.05) is 12.2 Å². The molecule has 0 bridgehead atoms. The van der Waals surface area contributed by atoms with Crippen molar-refractivity contribution in [2.75, 3.05) is 5.73 Å². The summed E-state index contributed by atoms with van der Waals surface area (Å²) in [4.78, 5) is 0. The average molecular weight is 205 g/mol. The number of fused-ring (bicyclic) bond motifs is 1. The molecule has 2 rings (SSSR count). The molecule has 82 valence electrons. The van der Waals surface area contributed by atoms with E-state index >= 15 is 0 Å². The first-order valence-corrected chi connectivity index (χ1v) is 5.54. The highest BCUT2D eigenvalue weighted by molar-refractivity contribution is 5.71. The molecule has 0 aromatic carbocycles. The molecule has 1 aromatic heterocycles. The Bertz CT molecular complexity index is 399. The van der Waals surface area contributed by atoms with Crippen LogP contribution < -0.4 is 11.5 Å². The Morgan fingerprint density at radius 2 is 2.20 bits per heavy atom. The van der Waals surface area contributed by atoms with E-state index in [0.29, 0.717) is 12.6 Å². The lowest BCUT2D eigenvalue weighted by atomic mass is 10.0. The summed E-state index contributed by atoms with van der Waals surface area (Å²) in [6.45, 7) is 4.87. The summed E-state index contributed by atoms with van der Waals surface area (Å²) in [5.41, 5.74) is 16.4. The van der Waals surface area contributed by atoms with Crippen molar-refractivity contribution in [3.05, 3.63) is 23.0 Å². The van der Waals surface area contributed by atoms with Gasteiger partial charge in [-0.25, -0.2) is 0 Å². The maximum Gasteiger partial charge on any atom is 0.0617 e. The smallest absolute Gasteiger partial charge is 0.0617 e. The number of hydrogen-bond donors (Lipinski definition) is 2. The molecule has 0 unspecified atom stereocenters. The van der Waals surface area contributed by atoms with E-state index in [9.17, 15) is 0 Å². The van der Waals surface area contributed by atoms with Crippen LogP contribution in [-0.4, -0.2) is 4.57 Å². The number of rotatable bonds is 2. The number of nitrogens with two attached hydrogens (primary N) is 2. The van der Waals surface area contributed by atoms with E-state index in [0.717, 1.165) is 24.2 Å². The number of allylic oxidation sites excluding steroid dienone is 1. The van der Waals surface area contributed by atoms with Gasteiger partial charge in [-0.15, -0.1) is 0 Å². The first-order valence-electron chi connectivity index (χ1n) is 5.54. The minimum Gasteiger partial charge on any atom is -0.397 e. The third-order valence-corrected chi connectivity index (χ3v) is 3.04. The SMILES string of the molecule is CC(C)n1c(CN)c(N)c2c1CCC=C2. The van der Waals surface area contributed by atoms with Gasteiger partial charge in [0.1, 0.15) is 0 Å². The highest BCUT2D eigenvalue weighted by Crippen LogP contribution is 2.33. The summed E-state index contributed by atoms with van der Waals surface area (Å²) >= 11 is 0. The molecule has 4 N–H and O–H groups in total. The van der Waals surface area contributed by atoms with Crippen LogP contribution in [0.4, 0.5) is 5.69 Å². The lowest BCUT2D eigenvalue weighted by molar-refractivity contribution is 0.551. The molecule has 1 aliphatic carbocycles. The van der Waals surface area contributed by atoms with Crippen LogP contribution in [0.15, 0.2) is 6.08 Å². The van der Waals surface area contributed by atoms with E-state index in [1.165, 1.54) is 11.3 Å². The molecule has 0 saturated heterocycles. The van der Waals surface area contributed by atoms with Crippen molar-refractivity contribution in [3.8, 4) is 0 Å². The Hall–Kier alpha value is -1.22. The normalized spacial score (nSPS) is 14.7. The first-order chi connectivity index (χ1) is 7.16. The third-order valence-electron chi connectivity index (χ3n) is 3.04. The largest absolute Gasteiger partial charge is 0.397 e. The Balaban J connectivity index is 2.66. The molecule has 3 heteroatoms. The van der Waals surface area contributed by atoms with Crippen LogP contribution in [0, 0.1) is 0 Å². The van der Waals surface area contributed by atoms with Crippen LogP contribution in [0.25, 0.3) is 6.08 Å². The van der Waals surface area contributed by atoms with Gasteiger partial charge in [0, 0.05) is 23.8 Å². The van der Waals surface area contributed by atoms with Crippen LogP contribution in [0.2, 0.25) is 0 Å². The lowest BCUT2D eigenvalue weighted by Crippen LogP contribution is -2.13. The predicted octanol–water partition coefficient (Wildman–Crippen LogP) is 2.07. The van der Waals surface area contributed by atoms with Crippen LogP contribution in [-0.2, 0) is 13.0 Å². The van der Waals surface area contributed by atoms with E-state index in [4.69, 9.17) is 11.5 Å². The van der Waals surface area contributed by atoms with Gasteiger partial charge in [-0.3, -0.25) is 0 Å². The Morgan fingerprint density at radius 3 is 2.80 bits per heavy atom. The van der Waals surface area contributed by atoms with Crippen molar-refractivity contribution in [2.45, 2.75) is 39.3 Å². The Morgan fingerprint density at radius 1 is 1.47 bits per heavy atom. The van der Waals surface area contributed by atoms with Gasteiger partial charge in [0.2, 0.25) is 0 Å². The van der Waals surface area contributed by atoms with Crippen LogP contribution in [0.1, 0.15) is 43.3 Å². The maximum absolute atomic E-state index is 6.12. The Labute approximate surface area is 90.8 Å². The number of nitrogen functional groups attached to an aromatic ring is 1. The molecule has 0 atom stereocenters. The quantitative estimate of drug-likeness (QED) is 0.776. The molecule has 0 spiro atoms. The molecule has 3 nitrogen and oxygen atoms in total. The van der Waals surface area contributed by atoms with E-state index < -0.39 is 0 Å². The first kappa shape index (κ1) is 10.3. The number of aromatic nitrogens is 1. The van der Waals surface area contributed by atoms with Crippen molar-refractivity contribution in [1.29, 1.82) is 0 Å². The molecule has 0 fully saturated rings. The maximum atomic E-state index is 6.12. The zero-order valence-electron chi connectivity index (χ0n) is 9.46. The number of nitrogens with zero attached hydrogens (tertiary/aromatic N) is 1. The molecule has 1 aromatic rings. The van der Waals surface area contributed by atoms with Crippen molar-refractivity contribution in [3.63, 3.8) is 0 Å². The van der Waals surface area contributed by atoms with Crippen LogP contribution in [0.3, 0.4) is 0 Å². The summed E-state index contributed by atoms with van der Waals surface area (Å²) in [6, 6.07) is 0.432. The van der Waals surface area contributed by atoms with Gasteiger partial charge in [-0.2, -0.15) is 0 Å². The van der Waals surface area contributed by atoms with E-state index in [1.807, 2.05) is 0 Å². The summed E-state index contributed by atoms with van der Waals surface area (Å²) in [5, 5.41) is 0. The van der Waals surface area contributed by atoms with E-state index in [1.54, 1.807) is 0 Å². The van der Waals surface area contributed by atoms with Crippen molar-refractivity contribution < 1.29 is 0 Å². The van der Waals surface area contributed by atoms with Gasteiger partial charge in [-0.05, 0) is 26.7 Å². The molecule has 1 aliphatic rings. The van der Waals surface area contributed by atoms with Crippen molar-refractivity contribution in [1.82, 2.24) is 4.57 Å². The summed E-state index contributed by atoms with van der Waals surface area (Å²) < 4.78 is 2.30. The van der Waals surface area contributed by atoms with E-state index in [-0.39, 0.29) is 0 Å². The highest BCUT2D eigenvalue weighted by Gasteiger charge is 2.20. The standard InChI is InChI=1S/C12H19N3/c1-8(2)15-10-6-4-3-5-9(10)12(14)11(15)7-13/h3,5,8H,4,6-7,13-14H2,1-2H3. The monoisotopic (exact) mass is 205 g/mol. The fourth-order valence-electron chi connectivity index (χ4n) is 2.43. The zero-order chi connectivity index (χ0) is 11.0. The molecule has 0 aliphatic heterocycles. The number of hydrogen-bond acceptors (Lipinski definition) is 2. The second-order valence-corrected chi connectivity index (χ2v) is 4.33. The van der Waals surface area contributed by atoms with Crippen LogP contribution >= 0.6 is 0 Å². The highest BCUT2D eigenvalue weighted by atomic mass is 15.1. The minimum atomic E-state index is 0.432. The zero-order valence-corrected chi connectivity index (χ0v) is 9.46. The Kier molecular flexibility index (Phi) is 2.57. The lowest BCUT2D eigenvalue weighted by Gasteiger charge is -2.17. The average Bonchev–Trinajstić information content (AvgIpc) is 2.52. The number of anilines is 1. The van der Waals surface area contributed by atoms with E-state index in [2.05, 4.69) is 30.6 Å². The predicted molar refractivity (Wildman–Crippen MR) is 64.5 cm³/mol. The molecule has 0 amide bonds. The molecule has 1 heterocycles. The second-order valence-electron chi connectivity index (χ2n) is 4.33. The third kappa shape index (κ3) is 1.47. The fraction of sp³-hybridized carbons (Fsp3) is 0.500. The van der Waals surface area contributed by atoms with Crippen molar-refractivity contribution in [2.24, 2.45) is 5.73 Å². The molecule has 0 radical (unpaired) electrons. The fourth-order valence-corrected chi connectivity index (χ4v) is 2.43. The molecular formula is C12H19N3. The van der Waals surface area contributed by atoms with Crippen LogP contribution in [0.5, 0.6) is 0 Å². The summed E-state index contributed by atoms with van der Waals surface area (Å²) in [7, 11) is 0. The topological polar surface area (TPSA) is 57.0 Å². The van der Waals surface area contributed by atoms with Gasteiger partial charge in [0.25, 0.3) is 0 Å². The molecule has 15 heavy (non-hydrogen) atoms. The van der Waals surface area contributed by atoms with Gasteiger partial charge in [0.05, 0.1) is 11.4 Å². The molecular weight excluding hydrogens is 186 g/mol.